The van der Waals surface area contributed by atoms with Crippen LogP contribution in [0.2, 0.25) is 5.02 Å². The van der Waals surface area contributed by atoms with Crippen molar-refractivity contribution in [3.8, 4) is 5.75 Å². The lowest BCUT2D eigenvalue weighted by Gasteiger charge is -2.29. The number of methoxy groups -OCH3 is 1. The first-order valence-corrected chi connectivity index (χ1v) is 15.4. The van der Waals surface area contributed by atoms with Crippen molar-refractivity contribution in [1.29, 1.82) is 0 Å². The van der Waals surface area contributed by atoms with Crippen LogP contribution in [0.25, 0.3) is 0 Å². The summed E-state index contributed by atoms with van der Waals surface area (Å²) in [5.74, 6) is -5.41. The van der Waals surface area contributed by atoms with E-state index >= 15 is 4.39 Å². The summed E-state index contributed by atoms with van der Waals surface area (Å²) < 4.78 is 94.5. The van der Waals surface area contributed by atoms with E-state index in [1.54, 1.807) is 6.07 Å². The van der Waals surface area contributed by atoms with Gasteiger partial charge >= 0.3 is 0 Å². The van der Waals surface area contributed by atoms with Crippen LogP contribution in [0.5, 0.6) is 5.75 Å². The van der Waals surface area contributed by atoms with E-state index in [0.29, 0.717) is 55.8 Å². The van der Waals surface area contributed by atoms with Gasteiger partial charge in [0.2, 0.25) is 5.75 Å². The van der Waals surface area contributed by atoms with Crippen molar-refractivity contribution >= 4 is 50.7 Å². The van der Waals surface area contributed by atoms with Crippen LogP contribution >= 0.6 is 23.4 Å². The van der Waals surface area contributed by atoms with Gasteiger partial charge in [-0.1, -0.05) is 11.6 Å². The average Bonchev–Trinajstić information content (AvgIpc) is 3.39. The number of hydrogen-bond donors (Lipinski definition) is 2. The molecule has 1 saturated heterocycles. The number of ether oxygens (including phenoxy) is 2. The number of H-pyrrole nitrogens is 1. The number of halogens is 5. The van der Waals surface area contributed by atoms with E-state index in [1.807, 2.05) is 11.8 Å². The molecule has 3 heterocycles. The van der Waals surface area contributed by atoms with Gasteiger partial charge in [-0.25, -0.2) is 35.9 Å². The minimum atomic E-state index is -4.51. The Balaban J connectivity index is 1.47. The fourth-order valence-corrected chi connectivity index (χ4v) is 6.54. The van der Waals surface area contributed by atoms with Crippen LogP contribution in [-0.2, 0) is 20.3 Å². The first-order valence-electron chi connectivity index (χ1n) is 12.6. The van der Waals surface area contributed by atoms with Gasteiger partial charge in [0.15, 0.2) is 44.1 Å². The van der Waals surface area contributed by atoms with Crippen molar-refractivity contribution in [1.82, 2.24) is 20.2 Å². The minimum absolute atomic E-state index is 0.0373. The maximum Gasteiger partial charge on any atom is 0.204 e. The van der Waals surface area contributed by atoms with Crippen molar-refractivity contribution < 1.29 is 35.5 Å². The summed E-state index contributed by atoms with van der Waals surface area (Å²) in [6, 6.07) is 5.08. The lowest BCUT2D eigenvalue weighted by atomic mass is 10.2. The number of benzene rings is 2. The second kappa shape index (κ2) is 12.6. The van der Waals surface area contributed by atoms with E-state index in [-0.39, 0.29) is 15.9 Å². The lowest BCUT2D eigenvalue weighted by molar-refractivity contribution is 0.122. The van der Waals surface area contributed by atoms with Crippen molar-refractivity contribution in [2.45, 2.75) is 27.6 Å². The van der Waals surface area contributed by atoms with Crippen LogP contribution in [0.4, 0.5) is 35.0 Å². The molecular weight excluding hydrogens is 636 g/mol. The molecule has 2 aromatic heterocycles. The predicted octanol–water partition coefficient (Wildman–Crippen LogP) is 5.43. The normalized spacial score (nSPS) is 13.8. The third-order valence-electron chi connectivity index (χ3n) is 6.30. The van der Waals surface area contributed by atoms with Crippen molar-refractivity contribution in [3.63, 3.8) is 0 Å². The number of morpholine rings is 1. The van der Waals surface area contributed by atoms with E-state index in [4.69, 9.17) is 21.1 Å². The molecule has 2 N–H and O–H groups in total. The first kappa shape index (κ1) is 30.8. The summed E-state index contributed by atoms with van der Waals surface area (Å²) in [6.07, 6.45) is 0. The number of sulfone groups is 1. The molecule has 0 bridgehead atoms. The Hall–Kier alpha value is -3.60. The van der Waals surface area contributed by atoms with Gasteiger partial charge in [-0.15, -0.1) is 0 Å². The van der Waals surface area contributed by atoms with Gasteiger partial charge in [0, 0.05) is 30.4 Å². The SMILES string of the molecule is COc1c(Nc2cc(C)[nH]n2)nc(Sc2ccc(S(=O)(=O)Cc3c(F)c(F)cc(Cl)c3F)cc2F)nc1N1CCOCC1. The number of nitrogens with one attached hydrogen (secondary N) is 2. The Bertz CT molecular complexity index is 1760. The third kappa shape index (κ3) is 6.66. The summed E-state index contributed by atoms with van der Waals surface area (Å²) in [5.41, 5.74) is -0.292. The molecule has 0 aliphatic carbocycles. The molecule has 43 heavy (non-hydrogen) atoms. The van der Waals surface area contributed by atoms with E-state index < -0.39 is 54.3 Å². The molecule has 0 spiro atoms. The molecule has 0 amide bonds. The highest BCUT2D eigenvalue weighted by atomic mass is 35.5. The maximum atomic E-state index is 15.3. The van der Waals surface area contributed by atoms with Gasteiger partial charge in [0.1, 0.15) is 11.6 Å². The lowest BCUT2D eigenvalue weighted by Crippen LogP contribution is -2.37. The van der Waals surface area contributed by atoms with E-state index in [0.717, 1.165) is 23.5 Å². The Morgan fingerprint density at radius 2 is 1.84 bits per heavy atom. The number of aromatic nitrogens is 4. The fourth-order valence-electron chi connectivity index (χ4n) is 4.21. The number of aryl methyl sites for hydroxylation is 1. The highest BCUT2D eigenvalue weighted by Crippen LogP contribution is 2.39. The summed E-state index contributed by atoms with van der Waals surface area (Å²) in [6.45, 7) is 3.76. The van der Waals surface area contributed by atoms with Gasteiger partial charge in [-0.3, -0.25) is 5.10 Å². The largest absolute Gasteiger partial charge is 0.490 e. The molecule has 17 heteroatoms. The highest BCUT2D eigenvalue weighted by molar-refractivity contribution is 7.99. The zero-order valence-electron chi connectivity index (χ0n) is 22.6. The monoisotopic (exact) mass is 658 g/mol. The van der Waals surface area contributed by atoms with Crippen molar-refractivity contribution in [2.24, 2.45) is 0 Å². The Kier molecular flexibility index (Phi) is 9.01. The smallest absolute Gasteiger partial charge is 0.204 e. The van der Waals surface area contributed by atoms with Crippen LogP contribution < -0.4 is 15.0 Å². The minimum Gasteiger partial charge on any atom is -0.490 e. The fraction of sp³-hybridized carbons (Fsp3) is 0.269. The molecule has 0 radical (unpaired) electrons. The van der Waals surface area contributed by atoms with Crippen LogP contribution in [0, 0.1) is 30.2 Å². The quantitative estimate of drug-likeness (QED) is 0.137. The summed E-state index contributed by atoms with van der Waals surface area (Å²) in [7, 11) is -3.05. The standard InChI is InChI=1S/C26H23ClF4N6O4S2/c1-13-9-20(36-35-13)32-24-23(40-2)25(37-5-7-41-8-6-37)34-26(33-24)42-19-4-3-14(10-17(19)28)43(38,39)12-15-21(30)16(27)11-18(29)22(15)31/h3-4,9-11H,5-8,12H2,1-2H3,(H2,32,33,34,35,36). The molecule has 0 unspecified atom stereocenters. The summed E-state index contributed by atoms with van der Waals surface area (Å²) in [4.78, 5) is 10.4. The van der Waals surface area contributed by atoms with Crippen LogP contribution in [0.3, 0.4) is 0 Å². The Morgan fingerprint density at radius 1 is 1.09 bits per heavy atom. The number of anilines is 3. The molecule has 2 aromatic carbocycles. The molecule has 1 aliphatic heterocycles. The molecule has 5 rings (SSSR count). The molecule has 228 valence electrons. The van der Waals surface area contributed by atoms with Crippen LogP contribution in [0.1, 0.15) is 11.3 Å². The molecule has 10 nitrogen and oxygen atoms in total. The van der Waals surface area contributed by atoms with Crippen molar-refractivity contribution in [3.05, 3.63) is 69.9 Å². The highest BCUT2D eigenvalue weighted by Gasteiger charge is 2.27. The number of aromatic amines is 1. The zero-order valence-corrected chi connectivity index (χ0v) is 24.9. The zero-order chi connectivity index (χ0) is 30.9. The second-order valence-corrected chi connectivity index (χ2v) is 12.7. The Labute approximate surface area is 252 Å². The topological polar surface area (TPSA) is 122 Å². The molecule has 0 atom stereocenters. The van der Waals surface area contributed by atoms with Crippen LogP contribution in [0.15, 0.2) is 45.3 Å². The van der Waals surface area contributed by atoms with Gasteiger partial charge in [0.25, 0.3) is 0 Å². The molecule has 4 aromatic rings. The predicted molar refractivity (Wildman–Crippen MR) is 151 cm³/mol. The van der Waals surface area contributed by atoms with Crippen LogP contribution in [-0.4, -0.2) is 62.0 Å². The number of hydrogen-bond acceptors (Lipinski definition) is 10. The van der Waals surface area contributed by atoms with E-state index in [1.165, 1.54) is 13.2 Å². The summed E-state index contributed by atoms with van der Waals surface area (Å²) in [5, 5.41) is 9.36. The first-order chi connectivity index (χ1) is 20.5. The molecular formula is C26H23ClF4N6O4S2. The number of rotatable bonds is 9. The maximum absolute atomic E-state index is 15.3. The van der Waals surface area contributed by atoms with Crippen molar-refractivity contribution in [2.75, 3.05) is 43.6 Å². The third-order valence-corrected chi connectivity index (χ3v) is 9.13. The second-order valence-electron chi connectivity index (χ2n) is 9.27. The van der Waals surface area contributed by atoms with E-state index in [2.05, 4.69) is 25.5 Å². The van der Waals surface area contributed by atoms with Gasteiger partial charge in [0.05, 0.1) is 40.9 Å². The Morgan fingerprint density at radius 3 is 2.49 bits per heavy atom. The van der Waals surface area contributed by atoms with E-state index in [9.17, 15) is 21.6 Å². The van der Waals surface area contributed by atoms with Gasteiger partial charge in [-0.05, 0) is 43.0 Å². The summed E-state index contributed by atoms with van der Waals surface area (Å²) >= 11 is 6.36. The molecule has 1 aliphatic rings. The molecule has 1 fully saturated rings. The van der Waals surface area contributed by atoms with Gasteiger partial charge < -0.3 is 19.7 Å². The molecule has 0 saturated carbocycles. The average molecular weight is 659 g/mol. The van der Waals surface area contributed by atoms with Gasteiger partial charge in [-0.2, -0.15) is 5.10 Å². The number of nitrogens with zero attached hydrogens (tertiary/aromatic N) is 4.